The van der Waals surface area contributed by atoms with Crippen LogP contribution < -0.4 is 4.72 Å². The molecule has 1 saturated carbocycles. The summed E-state index contributed by atoms with van der Waals surface area (Å²) in [7, 11) is -3.98. The van der Waals surface area contributed by atoms with E-state index in [1.54, 1.807) is 19.1 Å². The van der Waals surface area contributed by atoms with Crippen molar-refractivity contribution in [3.63, 3.8) is 0 Å². The van der Waals surface area contributed by atoms with E-state index in [4.69, 9.17) is 0 Å². The van der Waals surface area contributed by atoms with E-state index in [1.165, 1.54) is 18.5 Å². The number of pyridine rings is 2. The second kappa shape index (κ2) is 5.49. The van der Waals surface area contributed by atoms with E-state index < -0.39 is 15.9 Å². The number of rotatable bonds is 4. The fourth-order valence-corrected chi connectivity index (χ4v) is 3.07. The largest absolute Gasteiger partial charge is 0.281 e. The molecule has 1 N–H and O–H groups in total. The predicted molar refractivity (Wildman–Crippen MR) is 79.8 cm³/mol. The lowest BCUT2D eigenvalue weighted by Crippen LogP contribution is -2.31. The molecule has 3 rings (SSSR count). The van der Waals surface area contributed by atoms with Crippen molar-refractivity contribution in [3.8, 4) is 0 Å². The van der Waals surface area contributed by atoms with Crippen LogP contribution in [-0.4, -0.2) is 24.3 Å². The summed E-state index contributed by atoms with van der Waals surface area (Å²) in [4.78, 5) is 20.2. The van der Waals surface area contributed by atoms with Crippen molar-refractivity contribution in [2.24, 2.45) is 0 Å². The number of nitrogens with one attached hydrogen (secondary N) is 1. The van der Waals surface area contributed by atoms with Crippen molar-refractivity contribution >= 4 is 15.9 Å². The Kier molecular flexibility index (Phi) is 3.66. The number of aromatic nitrogens is 2. The Morgan fingerprint density at radius 2 is 2.05 bits per heavy atom. The molecule has 0 spiro atoms. The smallest absolute Gasteiger partial charge is 0.268 e. The Morgan fingerprint density at radius 3 is 2.64 bits per heavy atom. The molecule has 0 atom stereocenters. The third-order valence-electron chi connectivity index (χ3n) is 3.51. The van der Waals surface area contributed by atoms with Gasteiger partial charge in [-0.2, -0.15) is 8.42 Å². The third kappa shape index (κ3) is 2.99. The second-order valence-corrected chi connectivity index (χ2v) is 6.93. The first-order chi connectivity index (χ1) is 10.5. The molecule has 0 bridgehead atoms. The van der Waals surface area contributed by atoms with Gasteiger partial charge < -0.3 is 0 Å². The van der Waals surface area contributed by atoms with Crippen LogP contribution in [0.3, 0.4) is 0 Å². The molecule has 0 aromatic carbocycles. The molecule has 0 unspecified atom stereocenters. The van der Waals surface area contributed by atoms with E-state index in [0.717, 1.165) is 18.5 Å². The molecular formula is C15H15N3O3S. The van der Waals surface area contributed by atoms with Crippen molar-refractivity contribution in [1.29, 1.82) is 0 Å². The van der Waals surface area contributed by atoms with Crippen LogP contribution in [-0.2, 0) is 10.0 Å². The molecule has 7 heteroatoms. The lowest BCUT2D eigenvalue weighted by molar-refractivity contribution is 0.0980. The van der Waals surface area contributed by atoms with Crippen LogP contribution in [0, 0.1) is 6.92 Å². The fourth-order valence-electron chi connectivity index (χ4n) is 2.15. The average Bonchev–Trinajstić information content (AvgIpc) is 3.32. The van der Waals surface area contributed by atoms with E-state index in [0.29, 0.717) is 11.5 Å². The molecule has 6 nitrogen and oxygen atoms in total. The van der Waals surface area contributed by atoms with Crippen molar-refractivity contribution < 1.29 is 13.2 Å². The Labute approximate surface area is 128 Å². The Balaban J connectivity index is 1.82. The molecule has 2 heterocycles. The lowest BCUT2D eigenvalue weighted by Gasteiger charge is -2.09. The van der Waals surface area contributed by atoms with Gasteiger partial charge in [-0.05, 0) is 43.5 Å². The quantitative estimate of drug-likeness (QED) is 0.928. The molecular weight excluding hydrogens is 302 g/mol. The van der Waals surface area contributed by atoms with E-state index in [9.17, 15) is 13.2 Å². The first-order valence-electron chi connectivity index (χ1n) is 6.92. The van der Waals surface area contributed by atoms with Gasteiger partial charge in [0.25, 0.3) is 15.9 Å². The minimum atomic E-state index is -3.98. The Morgan fingerprint density at radius 1 is 1.27 bits per heavy atom. The van der Waals surface area contributed by atoms with Gasteiger partial charge in [0.2, 0.25) is 0 Å². The molecule has 0 radical (unpaired) electrons. The summed E-state index contributed by atoms with van der Waals surface area (Å²) in [6, 6.07) is 6.33. The van der Waals surface area contributed by atoms with Gasteiger partial charge >= 0.3 is 0 Å². The molecule has 1 aliphatic rings. The fraction of sp³-hybridized carbons (Fsp3) is 0.267. The number of nitrogens with zero attached hydrogens (tertiary/aromatic N) is 2. The van der Waals surface area contributed by atoms with E-state index in [1.807, 2.05) is 10.8 Å². The van der Waals surface area contributed by atoms with Gasteiger partial charge in [-0.25, -0.2) is 9.71 Å². The predicted octanol–water partition coefficient (Wildman–Crippen LogP) is 1.78. The summed E-state index contributed by atoms with van der Waals surface area (Å²) in [5.74, 6) is -0.217. The zero-order chi connectivity index (χ0) is 15.7. The molecule has 2 aromatic rings. The highest BCUT2D eigenvalue weighted by molar-refractivity contribution is 7.90. The summed E-state index contributed by atoms with van der Waals surface area (Å²) < 4.78 is 26.2. The van der Waals surface area contributed by atoms with Crippen LogP contribution in [0.2, 0.25) is 0 Å². The van der Waals surface area contributed by atoms with Gasteiger partial charge in [0.05, 0.1) is 5.56 Å². The SMILES string of the molecule is Cc1cc(C2CC2)ncc1C(=O)NS(=O)(=O)c1ccccn1. The van der Waals surface area contributed by atoms with Crippen LogP contribution in [0.15, 0.2) is 41.7 Å². The molecule has 0 saturated heterocycles. The lowest BCUT2D eigenvalue weighted by atomic mass is 10.1. The minimum absolute atomic E-state index is 0.191. The first-order valence-corrected chi connectivity index (χ1v) is 8.40. The molecule has 1 aliphatic carbocycles. The normalized spacial score (nSPS) is 14.6. The van der Waals surface area contributed by atoms with Crippen LogP contribution in [0.5, 0.6) is 0 Å². The highest BCUT2D eigenvalue weighted by atomic mass is 32.2. The highest BCUT2D eigenvalue weighted by Gasteiger charge is 2.26. The molecule has 114 valence electrons. The maximum Gasteiger partial charge on any atom is 0.281 e. The number of amides is 1. The van der Waals surface area contributed by atoms with Gasteiger partial charge in [0.1, 0.15) is 0 Å². The summed E-state index contributed by atoms with van der Waals surface area (Å²) in [5.41, 5.74) is 1.93. The summed E-state index contributed by atoms with van der Waals surface area (Å²) in [5, 5.41) is -0.191. The summed E-state index contributed by atoms with van der Waals surface area (Å²) in [6.45, 7) is 1.77. The van der Waals surface area contributed by atoms with E-state index in [2.05, 4.69) is 9.97 Å². The molecule has 22 heavy (non-hydrogen) atoms. The van der Waals surface area contributed by atoms with E-state index >= 15 is 0 Å². The second-order valence-electron chi connectivity index (χ2n) is 5.30. The van der Waals surface area contributed by atoms with Crippen LogP contribution in [0.25, 0.3) is 0 Å². The summed E-state index contributed by atoms with van der Waals surface area (Å²) >= 11 is 0. The zero-order valence-electron chi connectivity index (χ0n) is 12.0. The number of aryl methyl sites for hydroxylation is 1. The topological polar surface area (TPSA) is 89.0 Å². The monoisotopic (exact) mass is 317 g/mol. The van der Waals surface area contributed by atoms with Gasteiger partial charge in [-0.15, -0.1) is 0 Å². The molecule has 1 fully saturated rings. The van der Waals surface area contributed by atoms with Gasteiger partial charge in [-0.1, -0.05) is 6.07 Å². The third-order valence-corrected chi connectivity index (χ3v) is 4.76. The first kappa shape index (κ1) is 14.6. The number of carbonyl (C=O) groups is 1. The maximum atomic E-state index is 12.2. The average molecular weight is 317 g/mol. The van der Waals surface area contributed by atoms with Crippen molar-refractivity contribution in [2.75, 3.05) is 0 Å². The molecule has 1 amide bonds. The highest BCUT2D eigenvalue weighted by Crippen LogP contribution is 2.39. The zero-order valence-corrected chi connectivity index (χ0v) is 12.8. The van der Waals surface area contributed by atoms with Gasteiger partial charge in [-0.3, -0.25) is 9.78 Å². The molecule has 2 aromatic heterocycles. The maximum absolute atomic E-state index is 12.2. The number of hydrogen-bond acceptors (Lipinski definition) is 5. The van der Waals surface area contributed by atoms with Crippen LogP contribution in [0.1, 0.15) is 40.4 Å². The van der Waals surface area contributed by atoms with Gasteiger partial charge in [0.15, 0.2) is 5.03 Å². The Hall–Kier alpha value is -2.28. The Bertz CT molecular complexity index is 815. The van der Waals surface area contributed by atoms with Crippen molar-refractivity contribution in [3.05, 3.63) is 53.5 Å². The minimum Gasteiger partial charge on any atom is -0.268 e. The van der Waals surface area contributed by atoms with Crippen LogP contribution in [0.4, 0.5) is 0 Å². The number of carbonyl (C=O) groups excluding carboxylic acids is 1. The number of sulfonamides is 1. The van der Waals surface area contributed by atoms with Crippen LogP contribution >= 0.6 is 0 Å². The van der Waals surface area contributed by atoms with E-state index in [-0.39, 0.29) is 10.6 Å². The standard InChI is InChI=1S/C15H15N3O3S/c1-10-8-13(11-5-6-11)17-9-12(10)15(19)18-22(20,21)14-4-2-3-7-16-14/h2-4,7-9,11H,5-6H2,1H3,(H,18,19). The summed E-state index contributed by atoms with van der Waals surface area (Å²) in [6.07, 6.45) is 5.03. The van der Waals surface area contributed by atoms with Gasteiger partial charge in [0, 0.05) is 24.0 Å². The van der Waals surface area contributed by atoms with Crippen molar-refractivity contribution in [1.82, 2.24) is 14.7 Å². The van der Waals surface area contributed by atoms with Crippen molar-refractivity contribution in [2.45, 2.75) is 30.7 Å². The number of hydrogen-bond donors (Lipinski definition) is 1. The molecule has 0 aliphatic heterocycles.